The number of carbonyl (C=O) groups excluding carboxylic acids is 1. The van der Waals surface area contributed by atoms with Gasteiger partial charge in [-0.15, -0.1) is 5.10 Å². The molecular formula is C12H17N5O. The Kier molecular flexibility index (Phi) is 3.55. The van der Waals surface area contributed by atoms with Gasteiger partial charge in [0.15, 0.2) is 6.29 Å². The topological polar surface area (TPSA) is 65.6 Å². The fourth-order valence-electron chi connectivity index (χ4n) is 2.09. The van der Waals surface area contributed by atoms with Crippen LogP contribution in [0.5, 0.6) is 0 Å². The molecule has 0 spiro atoms. The van der Waals surface area contributed by atoms with Crippen LogP contribution in [-0.4, -0.2) is 31.1 Å². The van der Waals surface area contributed by atoms with Gasteiger partial charge in [-0.25, -0.2) is 0 Å². The lowest BCUT2D eigenvalue weighted by molar-refractivity contribution is 0.112. The van der Waals surface area contributed by atoms with E-state index in [1.807, 2.05) is 31.8 Å². The highest BCUT2D eigenvalue weighted by Crippen LogP contribution is 2.15. The average Bonchev–Trinajstić information content (AvgIpc) is 2.92. The molecule has 2 aromatic heterocycles. The highest BCUT2D eigenvalue weighted by molar-refractivity contribution is 5.78. The summed E-state index contributed by atoms with van der Waals surface area (Å²) >= 11 is 0. The molecule has 0 amide bonds. The van der Waals surface area contributed by atoms with Crippen LogP contribution in [0, 0.1) is 0 Å². The van der Waals surface area contributed by atoms with Crippen LogP contribution in [0.3, 0.4) is 0 Å². The normalized spacial score (nSPS) is 10.8. The van der Waals surface area contributed by atoms with E-state index >= 15 is 0 Å². The Balaban J connectivity index is 2.37. The SMILES string of the molecule is CCc1nn(Cc2cn(C)nn2)c(CC)c1C=O. The number of nitrogens with zero attached hydrogens (tertiary/aromatic N) is 5. The third kappa shape index (κ3) is 2.18. The maximum Gasteiger partial charge on any atom is 0.153 e. The Morgan fingerprint density at radius 3 is 2.61 bits per heavy atom. The van der Waals surface area contributed by atoms with Crippen LogP contribution in [0.25, 0.3) is 0 Å². The summed E-state index contributed by atoms with van der Waals surface area (Å²) in [6.07, 6.45) is 4.29. The van der Waals surface area contributed by atoms with Crippen molar-refractivity contribution in [3.63, 3.8) is 0 Å². The minimum atomic E-state index is 0.553. The number of aldehydes is 1. The standard InChI is InChI=1S/C12H17N5O/c1-4-11-10(8-18)12(5-2)17(14-11)7-9-6-16(3)15-13-9/h6,8H,4-5,7H2,1-3H3. The monoisotopic (exact) mass is 247 g/mol. The number of hydrogen-bond donors (Lipinski definition) is 0. The Morgan fingerprint density at radius 2 is 2.11 bits per heavy atom. The molecule has 18 heavy (non-hydrogen) atoms. The van der Waals surface area contributed by atoms with Crippen molar-refractivity contribution < 1.29 is 4.79 Å². The van der Waals surface area contributed by atoms with Gasteiger partial charge in [-0.05, 0) is 12.8 Å². The molecule has 0 saturated carbocycles. The predicted octanol–water partition coefficient (Wildman–Crippen LogP) is 0.997. The van der Waals surface area contributed by atoms with Gasteiger partial charge in [0.05, 0.1) is 17.8 Å². The molecule has 6 nitrogen and oxygen atoms in total. The summed E-state index contributed by atoms with van der Waals surface area (Å²) in [5, 5.41) is 12.4. The maximum absolute atomic E-state index is 11.2. The lowest BCUT2D eigenvalue weighted by atomic mass is 10.1. The van der Waals surface area contributed by atoms with E-state index in [4.69, 9.17) is 0 Å². The second-order valence-electron chi connectivity index (χ2n) is 4.17. The summed E-state index contributed by atoms with van der Waals surface area (Å²) in [4.78, 5) is 11.2. The van der Waals surface area contributed by atoms with Gasteiger partial charge in [-0.1, -0.05) is 19.1 Å². The number of hydrogen-bond acceptors (Lipinski definition) is 4. The summed E-state index contributed by atoms with van der Waals surface area (Å²) in [5.74, 6) is 0. The maximum atomic E-state index is 11.2. The molecule has 6 heteroatoms. The van der Waals surface area contributed by atoms with Crippen molar-refractivity contribution in [3.8, 4) is 0 Å². The molecule has 0 unspecified atom stereocenters. The molecule has 0 aromatic carbocycles. The summed E-state index contributed by atoms with van der Waals surface area (Å²) in [6.45, 7) is 4.58. The molecule has 0 aliphatic rings. The van der Waals surface area contributed by atoms with Gasteiger partial charge in [0.25, 0.3) is 0 Å². The van der Waals surface area contributed by atoms with Gasteiger partial charge in [0.1, 0.15) is 5.69 Å². The molecule has 0 fully saturated rings. The van der Waals surface area contributed by atoms with Crippen molar-refractivity contribution in [2.24, 2.45) is 7.05 Å². The fourth-order valence-corrected chi connectivity index (χ4v) is 2.09. The Labute approximate surface area is 106 Å². The average molecular weight is 247 g/mol. The van der Waals surface area contributed by atoms with Crippen molar-refractivity contribution in [3.05, 3.63) is 28.8 Å². The molecule has 2 aromatic rings. The van der Waals surface area contributed by atoms with E-state index in [9.17, 15) is 4.79 Å². The molecular weight excluding hydrogens is 230 g/mol. The summed E-state index contributed by atoms with van der Waals surface area (Å²) < 4.78 is 3.51. The zero-order valence-corrected chi connectivity index (χ0v) is 10.9. The molecule has 96 valence electrons. The molecule has 2 heterocycles. The van der Waals surface area contributed by atoms with E-state index in [0.717, 1.165) is 41.8 Å². The molecule has 0 aliphatic heterocycles. The third-order valence-corrected chi connectivity index (χ3v) is 2.92. The minimum Gasteiger partial charge on any atom is -0.298 e. The van der Waals surface area contributed by atoms with Crippen molar-refractivity contribution in [1.29, 1.82) is 0 Å². The predicted molar refractivity (Wildman–Crippen MR) is 66.5 cm³/mol. The first-order valence-electron chi connectivity index (χ1n) is 6.08. The van der Waals surface area contributed by atoms with Crippen LogP contribution >= 0.6 is 0 Å². The second-order valence-corrected chi connectivity index (χ2v) is 4.17. The fraction of sp³-hybridized carbons (Fsp3) is 0.500. The number of aryl methyl sites for hydroxylation is 2. The van der Waals surface area contributed by atoms with Crippen LogP contribution in [-0.2, 0) is 26.4 Å². The van der Waals surface area contributed by atoms with E-state index in [1.54, 1.807) is 4.68 Å². The first-order chi connectivity index (χ1) is 8.69. The van der Waals surface area contributed by atoms with E-state index in [1.165, 1.54) is 0 Å². The summed E-state index contributed by atoms with van der Waals surface area (Å²) in [5.41, 5.74) is 3.39. The van der Waals surface area contributed by atoms with Crippen molar-refractivity contribution >= 4 is 6.29 Å². The zero-order valence-electron chi connectivity index (χ0n) is 10.9. The van der Waals surface area contributed by atoms with Gasteiger partial charge in [-0.3, -0.25) is 14.2 Å². The largest absolute Gasteiger partial charge is 0.298 e. The Bertz CT molecular complexity index is 555. The summed E-state index contributed by atoms with van der Waals surface area (Å²) in [6, 6.07) is 0. The molecule has 0 saturated heterocycles. The van der Waals surface area contributed by atoms with E-state index in [0.29, 0.717) is 6.54 Å². The van der Waals surface area contributed by atoms with Crippen molar-refractivity contribution in [2.75, 3.05) is 0 Å². The molecule has 0 aliphatic carbocycles. The minimum absolute atomic E-state index is 0.553. The highest BCUT2D eigenvalue weighted by Gasteiger charge is 2.15. The number of aromatic nitrogens is 5. The summed E-state index contributed by atoms with van der Waals surface area (Å²) in [7, 11) is 1.83. The second kappa shape index (κ2) is 5.12. The van der Waals surface area contributed by atoms with E-state index in [2.05, 4.69) is 15.4 Å². The van der Waals surface area contributed by atoms with Gasteiger partial charge < -0.3 is 0 Å². The lowest BCUT2D eigenvalue weighted by Gasteiger charge is -2.03. The van der Waals surface area contributed by atoms with Crippen LogP contribution in [0.1, 0.15) is 41.3 Å². The van der Waals surface area contributed by atoms with Gasteiger partial charge in [-0.2, -0.15) is 5.10 Å². The number of rotatable bonds is 5. The molecule has 0 bridgehead atoms. The Hall–Kier alpha value is -1.98. The lowest BCUT2D eigenvalue weighted by Crippen LogP contribution is -2.07. The van der Waals surface area contributed by atoms with Gasteiger partial charge >= 0.3 is 0 Å². The quantitative estimate of drug-likeness (QED) is 0.739. The van der Waals surface area contributed by atoms with Crippen LogP contribution in [0.2, 0.25) is 0 Å². The number of carbonyl (C=O) groups is 1. The van der Waals surface area contributed by atoms with Gasteiger partial charge in [0.2, 0.25) is 0 Å². The third-order valence-electron chi connectivity index (χ3n) is 2.92. The van der Waals surface area contributed by atoms with Crippen LogP contribution in [0.4, 0.5) is 0 Å². The van der Waals surface area contributed by atoms with Crippen molar-refractivity contribution in [2.45, 2.75) is 33.2 Å². The van der Waals surface area contributed by atoms with Crippen LogP contribution < -0.4 is 0 Å². The van der Waals surface area contributed by atoms with Gasteiger partial charge in [0, 0.05) is 18.9 Å². The smallest absolute Gasteiger partial charge is 0.153 e. The molecule has 0 N–H and O–H groups in total. The molecule has 0 radical (unpaired) electrons. The van der Waals surface area contributed by atoms with E-state index < -0.39 is 0 Å². The first kappa shape index (κ1) is 12.5. The first-order valence-corrected chi connectivity index (χ1v) is 6.08. The van der Waals surface area contributed by atoms with Crippen LogP contribution in [0.15, 0.2) is 6.20 Å². The van der Waals surface area contributed by atoms with Crippen molar-refractivity contribution in [1.82, 2.24) is 24.8 Å². The zero-order chi connectivity index (χ0) is 13.1. The van der Waals surface area contributed by atoms with E-state index in [-0.39, 0.29) is 0 Å². The highest BCUT2D eigenvalue weighted by atomic mass is 16.1. The Morgan fingerprint density at radius 1 is 1.33 bits per heavy atom. The molecule has 0 atom stereocenters. The molecule has 2 rings (SSSR count).